The molecule has 3 nitrogen and oxygen atoms in total. The predicted molar refractivity (Wildman–Crippen MR) is 38.7 cm³/mol. The Morgan fingerprint density at radius 3 is 2.88 bits per heavy atom. The fourth-order valence-corrected chi connectivity index (χ4v) is 1.12. The zero-order valence-electron chi connectivity index (χ0n) is 4.50. The Morgan fingerprint density at radius 2 is 2.62 bits per heavy atom. The molecule has 8 heavy (non-hydrogen) atoms. The Labute approximate surface area is 61.3 Å². The molecule has 0 N–H and O–H groups in total. The smallest absolute Gasteiger partial charge is 0.142 e. The standard InChI is InChI=1S/C4H6IN3/c1-8-3-6-7-4(8)2-5/h3H,2H2,1H3. The van der Waals surface area contributed by atoms with Crippen LogP contribution in [0.15, 0.2) is 6.33 Å². The van der Waals surface area contributed by atoms with Crippen LogP contribution in [-0.4, -0.2) is 14.8 Å². The molecule has 0 saturated heterocycles. The fraction of sp³-hybridized carbons (Fsp3) is 0.500. The van der Waals surface area contributed by atoms with Gasteiger partial charge in [0, 0.05) is 7.05 Å². The van der Waals surface area contributed by atoms with E-state index < -0.39 is 0 Å². The van der Waals surface area contributed by atoms with E-state index >= 15 is 0 Å². The maximum atomic E-state index is 3.84. The molecule has 0 aromatic carbocycles. The molecule has 0 aliphatic heterocycles. The van der Waals surface area contributed by atoms with Gasteiger partial charge in [0.25, 0.3) is 0 Å². The van der Waals surface area contributed by atoms with Crippen molar-refractivity contribution in [3.63, 3.8) is 0 Å². The lowest BCUT2D eigenvalue weighted by Crippen LogP contribution is -1.91. The van der Waals surface area contributed by atoms with Crippen LogP contribution in [0.25, 0.3) is 0 Å². The summed E-state index contributed by atoms with van der Waals surface area (Å²) < 4.78 is 2.83. The second-order valence-corrected chi connectivity index (χ2v) is 2.25. The van der Waals surface area contributed by atoms with Gasteiger partial charge in [0.15, 0.2) is 0 Å². The number of hydrogen-bond acceptors (Lipinski definition) is 2. The van der Waals surface area contributed by atoms with Crippen LogP contribution in [0.1, 0.15) is 5.82 Å². The molecule has 0 saturated carbocycles. The van der Waals surface area contributed by atoms with Crippen LogP contribution in [0.2, 0.25) is 0 Å². The normalized spacial score (nSPS) is 9.75. The van der Waals surface area contributed by atoms with Crippen molar-refractivity contribution in [3.05, 3.63) is 12.2 Å². The highest BCUT2D eigenvalue weighted by atomic mass is 127. The van der Waals surface area contributed by atoms with Crippen molar-refractivity contribution >= 4 is 22.6 Å². The molecule has 4 heteroatoms. The van der Waals surface area contributed by atoms with Crippen LogP contribution in [0.5, 0.6) is 0 Å². The molecule has 0 radical (unpaired) electrons. The van der Waals surface area contributed by atoms with Crippen LogP contribution in [0, 0.1) is 0 Å². The lowest BCUT2D eigenvalue weighted by atomic mass is 10.7. The summed E-state index contributed by atoms with van der Waals surface area (Å²) in [6.45, 7) is 0. The second-order valence-electron chi connectivity index (χ2n) is 1.49. The first-order valence-corrected chi connectivity index (χ1v) is 3.76. The topological polar surface area (TPSA) is 30.7 Å². The van der Waals surface area contributed by atoms with Crippen LogP contribution < -0.4 is 0 Å². The van der Waals surface area contributed by atoms with Gasteiger partial charge in [0.05, 0.1) is 4.43 Å². The third kappa shape index (κ3) is 0.988. The van der Waals surface area contributed by atoms with Gasteiger partial charge >= 0.3 is 0 Å². The zero-order chi connectivity index (χ0) is 5.98. The van der Waals surface area contributed by atoms with Gasteiger partial charge in [-0.25, -0.2) is 0 Å². The first-order valence-electron chi connectivity index (χ1n) is 2.23. The summed E-state index contributed by atoms with van der Waals surface area (Å²) in [6, 6.07) is 0. The van der Waals surface area contributed by atoms with Gasteiger partial charge in [-0.2, -0.15) is 0 Å². The molecule has 0 aliphatic carbocycles. The summed E-state index contributed by atoms with van der Waals surface area (Å²) in [7, 11) is 1.94. The molecule has 0 fully saturated rings. The molecular weight excluding hydrogens is 217 g/mol. The van der Waals surface area contributed by atoms with Crippen LogP contribution >= 0.6 is 22.6 Å². The SMILES string of the molecule is Cn1cnnc1CI. The van der Waals surface area contributed by atoms with Gasteiger partial charge in [-0.1, -0.05) is 22.6 Å². The Morgan fingerprint density at radius 1 is 1.88 bits per heavy atom. The van der Waals surface area contributed by atoms with Crippen LogP contribution in [0.4, 0.5) is 0 Å². The maximum Gasteiger partial charge on any atom is 0.142 e. The van der Waals surface area contributed by atoms with Crippen molar-refractivity contribution in [1.29, 1.82) is 0 Å². The molecule has 0 atom stereocenters. The van der Waals surface area contributed by atoms with Gasteiger partial charge in [-0.15, -0.1) is 10.2 Å². The average molecular weight is 223 g/mol. The van der Waals surface area contributed by atoms with E-state index in [2.05, 4.69) is 32.8 Å². The Bertz CT molecular complexity index is 172. The highest BCUT2D eigenvalue weighted by molar-refractivity contribution is 14.1. The van der Waals surface area contributed by atoms with E-state index in [1.165, 1.54) is 0 Å². The molecule has 0 bridgehead atoms. The van der Waals surface area contributed by atoms with E-state index in [1.807, 2.05) is 11.6 Å². The van der Waals surface area contributed by atoms with E-state index in [0.717, 1.165) is 10.3 Å². The third-order valence-electron chi connectivity index (χ3n) is 0.925. The van der Waals surface area contributed by atoms with E-state index in [0.29, 0.717) is 0 Å². The maximum absolute atomic E-state index is 3.84. The number of halogens is 1. The highest BCUT2D eigenvalue weighted by Gasteiger charge is 1.93. The number of alkyl halides is 1. The molecule has 0 aliphatic rings. The lowest BCUT2D eigenvalue weighted by Gasteiger charge is -1.89. The Balaban J connectivity index is 2.92. The number of aromatic nitrogens is 3. The number of nitrogens with zero attached hydrogens (tertiary/aromatic N) is 3. The van der Waals surface area contributed by atoms with Crippen molar-refractivity contribution in [3.8, 4) is 0 Å². The monoisotopic (exact) mass is 223 g/mol. The molecule has 1 rings (SSSR count). The summed E-state index contributed by atoms with van der Waals surface area (Å²) >= 11 is 2.25. The second kappa shape index (κ2) is 2.43. The zero-order valence-corrected chi connectivity index (χ0v) is 6.66. The first-order chi connectivity index (χ1) is 3.84. The van der Waals surface area contributed by atoms with Gasteiger partial charge in [0.2, 0.25) is 0 Å². The largest absolute Gasteiger partial charge is 0.320 e. The highest BCUT2D eigenvalue weighted by Crippen LogP contribution is 1.97. The summed E-state index contributed by atoms with van der Waals surface area (Å²) in [5.41, 5.74) is 0. The van der Waals surface area contributed by atoms with Crippen molar-refractivity contribution < 1.29 is 0 Å². The van der Waals surface area contributed by atoms with Crippen LogP contribution in [0.3, 0.4) is 0 Å². The molecular formula is C4H6IN3. The number of aryl methyl sites for hydroxylation is 1. The quantitative estimate of drug-likeness (QED) is 0.519. The van der Waals surface area contributed by atoms with Crippen molar-refractivity contribution in [2.24, 2.45) is 7.05 Å². The molecule has 44 valence electrons. The van der Waals surface area contributed by atoms with Gasteiger partial charge in [0.1, 0.15) is 12.2 Å². The molecule has 1 aromatic rings. The Hall–Kier alpha value is -0.130. The van der Waals surface area contributed by atoms with Crippen molar-refractivity contribution in [2.45, 2.75) is 4.43 Å². The number of rotatable bonds is 1. The van der Waals surface area contributed by atoms with Crippen LogP contribution in [-0.2, 0) is 11.5 Å². The molecule has 1 aromatic heterocycles. The predicted octanol–water partition coefficient (Wildman–Crippen LogP) is 0.750. The molecule has 0 unspecified atom stereocenters. The van der Waals surface area contributed by atoms with Gasteiger partial charge < -0.3 is 4.57 Å². The minimum atomic E-state index is 0.925. The van der Waals surface area contributed by atoms with Gasteiger partial charge in [-0.3, -0.25) is 0 Å². The van der Waals surface area contributed by atoms with E-state index in [-0.39, 0.29) is 0 Å². The summed E-state index contributed by atoms with van der Waals surface area (Å²) in [4.78, 5) is 0. The molecule has 0 amide bonds. The fourth-order valence-electron chi connectivity index (χ4n) is 0.428. The van der Waals surface area contributed by atoms with E-state index in [1.54, 1.807) is 6.33 Å². The number of hydrogen-bond donors (Lipinski definition) is 0. The van der Waals surface area contributed by atoms with Crippen molar-refractivity contribution in [1.82, 2.24) is 14.8 Å². The minimum absolute atomic E-state index is 0.925. The lowest BCUT2D eigenvalue weighted by molar-refractivity contribution is 0.855. The Kier molecular flexibility index (Phi) is 1.82. The minimum Gasteiger partial charge on any atom is -0.320 e. The third-order valence-corrected chi connectivity index (χ3v) is 1.61. The summed E-state index contributed by atoms with van der Waals surface area (Å²) in [5.74, 6) is 1.02. The average Bonchev–Trinajstić information content (AvgIpc) is 2.14. The van der Waals surface area contributed by atoms with E-state index in [9.17, 15) is 0 Å². The summed E-state index contributed by atoms with van der Waals surface area (Å²) in [6.07, 6.45) is 1.70. The molecule has 1 heterocycles. The van der Waals surface area contributed by atoms with Gasteiger partial charge in [-0.05, 0) is 0 Å². The first kappa shape index (κ1) is 6.00. The van der Waals surface area contributed by atoms with E-state index in [4.69, 9.17) is 0 Å². The van der Waals surface area contributed by atoms with Crippen molar-refractivity contribution in [2.75, 3.05) is 0 Å². The summed E-state index contributed by atoms with van der Waals surface area (Å²) in [5, 5.41) is 7.54. The molecule has 0 spiro atoms.